The largest absolute Gasteiger partial charge is 0.284 e. The van der Waals surface area contributed by atoms with E-state index in [2.05, 4.69) is 27.8 Å². The minimum absolute atomic E-state index is 0.132. The average molecular weight is 180 g/mol. The number of thioether (sulfide) groups is 1. The Morgan fingerprint density at radius 2 is 2.71 bits per heavy atom. The Labute approximate surface area is 55.7 Å². The quantitative estimate of drug-likeness (QED) is 0.518. The van der Waals surface area contributed by atoms with Gasteiger partial charge in [0.1, 0.15) is 3.66 Å². The Morgan fingerprint density at radius 3 is 2.86 bits per heavy atom. The SMILES string of the molecule is CC1(Br)C=NCS1. The maximum atomic E-state index is 4.03. The first-order valence-electron chi connectivity index (χ1n) is 2.04. The molecule has 0 bridgehead atoms. The fraction of sp³-hybridized carbons (Fsp3) is 0.750. The van der Waals surface area contributed by atoms with Crippen molar-refractivity contribution in [1.82, 2.24) is 0 Å². The van der Waals surface area contributed by atoms with Gasteiger partial charge in [-0.05, 0) is 6.92 Å². The van der Waals surface area contributed by atoms with Crippen molar-refractivity contribution in [2.45, 2.75) is 10.6 Å². The predicted molar refractivity (Wildman–Crippen MR) is 38.3 cm³/mol. The van der Waals surface area contributed by atoms with Gasteiger partial charge in [0.15, 0.2) is 0 Å². The lowest BCUT2D eigenvalue weighted by atomic mass is 10.5. The first-order valence-corrected chi connectivity index (χ1v) is 3.82. The van der Waals surface area contributed by atoms with E-state index in [1.165, 1.54) is 0 Å². The maximum absolute atomic E-state index is 4.03. The second kappa shape index (κ2) is 1.78. The molecule has 1 unspecified atom stereocenters. The lowest BCUT2D eigenvalue weighted by Gasteiger charge is -2.05. The van der Waals surface area contributed by atoms with Gasteiger partial charge in [0.25, 0.3) is 0 Å². The molecule has 1 heterocycles. The van der Waals surface area contributed by atoms with Crippen molar-refractivity contribution in [1.29, 1.82) is 0 Å². The highest BCUT2D eigenvalue weighted by Crippen LogP contribution is 2.33. The topological polar surface area (TPSA) is 12.4 Å². The van der Waals surface area contributed by atoms with Crippen molar-refractivity contribution in [3.63, 3.8) is 0 Å². The van der Waals surface area contributed by atoms with E-state index in [9.17, 15) is 0 Å². The molecule has 0 fully saturated rings. The fourth-order valence-electron chi connectivity index (χ4n) is 0.401. The van der Waals surface area contributed by atoms with Gasteiger partial charge in [0.2, 0.25) is 0 Å². The van der Waals surface area contributed by atoms with Gasteiger partial charge in [0.05, 0.1) is 5.88 Å². The van der Waals surface area contributed by atoms with E-state index in [1.807, 2.05) is 6.21 Å². The smallest absolute Gasteiger partial charge is 0.104 e. The Hall–Kier alpha value is 0.500. The van der Waals surface area contributed by atoms with E-state index in [1.54, 1.807) is 11.8 Å². The molecular weight excluding hydrogens is 174 g/mol. The van der Waals surface area contributed by atoms with Crippen molar-refractivity contribution >= 4 is 33.9 Å². The molecule has 0 saturated heterocycles. The molecule has 0 amide bonds. The Kier molecular flexibility index (Phi) is 1.44. The van der Waals surface area contributed by atoms with Gasteiger partial charge < -0.3 is 0 Å². The van der Waals surface area contributed by atoms with Gasteiger partial charge in [-0.1, -0.05) is 15.9 Å². The van der Waals surface area contributed by atoms with Crippen molar-refractivity contribution in [3.05, 3.63) is 0 Å². The molecule has 1 rings (SSSR count). The van der Waals surface area contributed by atoms with Crippen molar-refractivity contribution in [2.75, 3.05) is 5.88 Å². The van der Waals surface area contributed by atoms with Crippen LogP contribution in [0.1, 0.15) is 6.92 Å². The molecule has 1 aliphatic rings. The van der Waals surface area contributed by atoms with Gasteiger partial charge in [0, 0.05) is 6.21 Å². The van der Waals surface area contributed by atoms with Crippen LogP contribution in [0.2, 0.25) is 0 Å². The summed E-state index contributed by atoms with van der Waals surface area (Å²) in [5.41, 5.74) is 0. The lowest BCUT2D eigenvalue weighted by Crippen LogP contribution is -2.05. The van der Waals surface area contributed by atoms with Crippen LogP contribution in [0, 0.1) is 0 Å². The van der Waals surface area contributed by atoms with Gasteiger partial charge in [-0.2, -0.15) is 0 Å². The molecule has 0 spiro atoms. The van der Waals surface area contributed by atoms with Crippen molar-refractivity contribution in [3.8, 4) is 0 Å². The van der Waals surface area contributed by atoms with E-state index < -0.39 is 0 Å². The molecule has 7 heavy (non-hydrogen) atoms. The second-order valence-corrected chi connectivity index (χ2v) is 5.14. The zero-order chi connectivity index (χ0) is 5.33. The van der Waals surface area contributed by atoms with E-state index in [4.69, 9.17) is 0 Å². The number of hydrogen-bond acceptors (Lipinski definition) is 2. The molecule has 1 aliphatic heterocycles. The molecule has 0 aromatic carbocycles. The van der Waals surface area contributed by atoms with E-state index in [-0.39, 0.29) is 3.66 Å². The third kappa shape index (κ3) is 1.46. The molecular formula is C4H6BrNS. The highest BCUT2D eigenvalue weighted by Gasteiger charge is 2.20. The molecule has 3 heteroatoms. The van der Waals surface area contributed by atoms with Crippen LogP contribution in [0.15, 0.2) is 4.99 Å². The predicted octanol–water partition coefficient (Wildman–Crippen LogP) is 1.87. The van der Waals surface area contributed by atoms with Crippen LogP contribution in [-0.4, -0.2) is 15.7 Å². The monoisotopic (exact) mass is 179 g/mol. The number of halogens is 1. The van der Waals surface area contributed by atoms with Gasteiger partial charge in [-0.3, -0.25) is 4.99 Å². The summed E-state index contributed by atoms with van der Waals surface area (Å²) in [5.74, 6) is 0.905. The minimum Gasteiger partial charge on any atom is -0.284 e. The molecule has 0 N–H and O–H groups in total. The summed E-state index contributed by atoms with van der Waals surface area (Å²) < 4.78 is 0.132. The number of alkyl halides is 1. The molecule has 1 nitrogen and oxygen atoms in total. The van der Waals surface area contributed by atoms with Crippen LogP contribution in [0.5, 0.6) is 0 Å². The molecule has 0 aromatic rings. The van der Waals surface area contributed by atoms with Crippen LogP contribution in [0.3, 0.4) is 0 Å². The number of aliphatic imine (C=N–C) groups is 1. The molecule has 0 saturated carbocycles. The summed E-state index contributed by atoms with van der Waals surface area (Å²) in [6.45, 7) is 2.09. The maximum Gasteiger partial charge on any atom is 0.104 e. The summed E-state index contributed by atoms with van der Waals surface area (Å²) in [6, 6.07) is 0. The number of nitrogens with zero attached hydrogens (tertiary/aromatic N) is 1. The highest BCUT2D eigenvalue weighted by molar-refractivity contribution is 9.12. The normalized spacial score (nSPS) is 39.7. The van der Waals surface area contributed by atoms with E-state index in [0.29, 0.717) is 0 Å². The van der Waals surface area contributed by atoms with Gasteiger partial charge in [-0.25, -0.2) is 0 Å². The zero-order valence-electron chi connectivity index (χ0n) is 4.02. The van der Waals surface area contributed by atoms with Crippen LogP contribution >= 0.6 is 27.7 Å². The third-order valence-electron chi connectivity index (χ3n) is 0.743. The minimum atomic E-state index is 0.132. The summed E-state index contributed by atoms with van der Waals surface area (Å²) in [6.07, 6.45) is 1.93. The van der Waals surface area contributed by atoms with Crippen LogP contribution < -0.4 is 0 Å². The molecule has 40 valence electrons. The first-order chi connectivity index (χ1) is 3.21. The van der Waals surface area contributed by atoms with E-state index in [0.717, 1.165) is 5.88 Å². The molecule has 0 aromatic heterocycles. The standard InChI is InChI=1S/C4H6BrNS/c1-4(5)2-6-3-7-4/h2H,3H2,1H3. The summed E-state index contributed by atoms with van der Waals surface area (Å²) >= 11 is 5.25. The average Bonchev–Trinajstić information content (AvgIpc) is 1.84. The summed E-state index contributed by atoms with van der Waals surface area (Å²) in [5, 5.41) is 0. The number of hydrogen-bond donors (Lipinski definition) is 0. The molecule has 1 atom stereocenters. The summed E-state index contributed by atoms with van der Waals surface area (Å²) in [4.78, 5) is 4.03. The van der Waals surface area contributed by atoms with Crippen LogP contribution in [-0.2, 0) is 0 Å². The summed E-state index contributed by atoms with van der Waals surface area (Å²) in [7, 11) is 0. The second-order valence-electron chi connectivity index (χ2n) is 1.57. The Bertz CT molecular complexity index is 99.9. The first kappa shape index (κ1) is 5.63. The Morgan fingerprint density at radius 1 is 2.00 bits per heavy atom. The van der Waals surface area contributed by atoms with Crippen LogP contribution in [0.25, 0.3) is 0 Å². The molecule has 0 radical (unpaired) electrons. The van der Waals surface area contributed by atoms with E-state index >= 15 is 0 Å². The number of rotatable bonds is 0. The van der Waals surface area contributed by atoms with Gasteiger partial charge >= 0.3 is 0 Å². The van der Waals surface area contributed by atoms with Crippen molar-refractivity contribution < 1.29 is 0 Å². The third-order valence-corrected chi connectivity index (χ3v) is 2.58. The molecule has 0 aliphatic carbocycles. The Balaban J connectivity index is 2.57. The van der Waals surface area contributed by atoms with Gasteiger partial charge in [-0.15, -0.1) is 11.8 Å². The highest BCUT2D eigenvalue weighted by atomic mass is 79.9. The zero-order valence-corrected chi connectivity index (χ0v) is 6.42. The van der Waals surface area contributed by atoms with Crippen molar-refractivity contribution in [2.24, 2.45) is 4.99 Å². The lowest BCUT2D eigenvalue weighted by molar-refractivity contribution is 1.30. The van der Waals surface area contributed by atoms with Crippen LogP contribution in [0.4, 0.5) is 0 Å². The fourth-order valence-corrected chi connectivity index (χ4v) is 1.40.